The minimum atomic E-state index is -0.235. The van der Waals surface area contributed by atoms with Crippen LogP contribution in [0.4, 0.5) is 11.6 Å². The Morgan fingerprint density at radius 1 is 1.23 bits per heavy atom. The molecule has 3 aliphatic heterocycles. The van der Waals surface area contributed by atoms with Crippen molar-refractivity contribution in [2.24, 2.45) is 13.0 Å². The number of thioether (sulfide) groups is 1. The number of nitrogens with zero attached hydrogens (tertiary/aromatic N) is 6. The predicted molar refractivity (Wildman–Crippen MR) is 158 cm³/mol. The summed E-state index contributed by atoms with van der Waals surface area (Å²) in [6.07, 6.45) is 7.09. The van der Waals surface area contributed by atoms with Crippen LogP contribution in [0.15, 0.2) is 35.5 Å². The van der Waals surface area contributed by atoms with E-state index in [0.29, 0.717) is 32.0 Å². The average molecular weight is 562 g/mol. The minimum absolute atomic E-state index is 0.0264. The standard InChI is InChI=1S/C30H39N7O2S/c1-5-31-26-11-22(30(17-39-18-30)13-28-34-32-19-35(28)3)12-27(33-26)37-16-24-23(29(37)38)9-21(10-25(24)40-4)15-36-8-6-7-20(2)14-36/h9-12,19-20H,5-8,13-18H2,1-4H3,(H,31,33)/t20-/m0/s1. The summed E-state index contributed by atoms with van der Waals surface area (Å²) in [5.41, 5.74) is 4.01. The maximum absolute atomic E-state index is 14.0. The molecule has 2 saturated heterocycles. The maximum atomic E-state index is 14.0. The van der Waals surface area contributed by atoms with E-state index in [9.17, 15) is 4.79 Å². The van der Waals surface area contributed by atoms with Crippen LogP contribution in [0.3, 0.4) is 0 Å². The number of fused-ring (bicyclic) bond motifs is 1. The number of aryl methyl sites for hydroxylation is 1. The molecule has 1 N–H and O–H groups in total. The summed E-state index contributed by atoms with van der Waals surface area (Å²) in [6.45, 7) is 9.99. The first-order valence-electron chi connectivity index (χ1n) is 14.3. The van der Waals surface area contributed by atoms with Crippen LogP contribution < -0.4 is 10.2 Å². The summed E-state index contributed by atoms with van der Waals surface area (Å²) in [4.78, 5) is 24.4. The summed E-state index contributed by atoms with van der Waals surface area (Å²) in [5.74, 6) is 3.11. The largest absolute Gasteiger partial charge is 0.379 e. The van der Waals surface area contributed by atoms with Crippen molar-refractivity contribution in [2.75, 3.05) is 49.3 Å². The molecule has 212 valence electrons. The Bertz CT molecular complexity index is 1400. The van der Waals surface area contributed by atoms with Gasteiger partial charge < -0.3 is 14.6 Å². The summed E-state index contributed by atoms with van der Waals surface area (Å²) < 4.78 is 7.70. The second-order valence-electron chi connectivity index (χ2n) is 11.6. The summed E-state index contributed by atoms with van der Waals surface area (Å²) in [7, 11) is 1.97. The SMILES string of the molecule is CCNc1cc(C2(Cc3nncn3C)COC2)cc(N2Cc3c(SC)cc(CN4CCC[C@H](C)C4)cc3C2=O)n1. The number of amides is 1. The van der Waals surface area contributed by atoms with E-state index in [-0.39, 0.29) is 11.3 Å². The van der Waals surface area contributed by atoms with Crippen LogP contribution in [-0.2, 0) is 36.7 Å². The fourth-order valence-electron chi connectivity index (χ4n) is 6.30. The molecule has 5 heterocycles. The van der Waals surface area contributed by atoms with E-state index in [2.05, 4.69) is 64.8 Å². The molecule has 0 bridgehead atoms. The summed E-state index contributed by atoms with van der Waals surface area (Å²) >= 11 is 1.72. The number of carbonyl (C=O) groups excluding carboxylic acids is 1. The molecule has 0 saturated carbocycles. The van der Waals surface area contributed by atoms with Crippen molar-refractivity contribution in [2.45, 2.75) is 56.5 Å². The highest BCUT2D eigenvalue weighted by atomic mass is 32.2. The molecule has 1 atom stereocenters. The van der Waals surface area contributed by atoms with E-state index in [1.807, 2.05) is 16.5 Å². The fourth-order valence-corrected chi connectivity index (χ4v) is 6.99. The Balaban J connectivity index is 1.32. The molecule has 2 fully saturated rings. The van der Waals surface area contributed by atoms with Crippen molar-refractivity contribution in [1.29, 1.82) is 0 Å². The van der Waals surface area contributed by atoms with Gasteiger partial charge in [0.2, 0.25) is 0 Å². The third-order valence-corrected chi connectivity index (χ3v) is 9.35. The maximum Gasteiger partial charge on any atom is 0.260 e. The highest BCUT2D eigenvalue weighted by molar-refractivity contribution is 7.98. The van der Waals surface area contributed by atoms with Crippen LogP contribution in [0.2, 0.25) is 0 Å². The average Bonchev–Trinajstić information content (AvgIpc) is 3.48. The molecule has 1 aromatic carbocycles. The highest BCUT2D eigenvalue weighted by Crippen LogP contribution is 2.40. The number of piperidine rings is 1. The second-order valence-corrected chi connectivity index (χ2v) is 12.5. The molecule has 0 spiro atoms. The molecule has 6 rings (SSSR count). The first kappa shape index (κ1) is 27.2. The van der Waals surface area contributed by atoms with Crippen LogP contribution in [0.1, 0.15) is 59.6 Å². The van der Waals surface area contributed by atoms with E-state index >= 15 is 0 Å². The number of pyridine rings is 1. The zero-order valence-electron chi connectivity index (χ0n) is 23.9. The molecular weight excluding hydrogens is 522 g/mol. The van der Waals surface area contributed by atoms with E-state index in [0.717, 1.165) is 60.4 Å². The third kappa shape index (κ3) is 5.12. The van der Waals surface area contributed by atoms with Crippen LogP contribution in [-0.4, -0.2) is 69.7 Å². The van der Waals surface area contributed by atoms with E-state index < -0.39 is 0 Å². The van der Waals surface area contributed by atoms with Gasteiger partial charge in [-0.15, -0.1) is 22.0 Å². The lowest BCUT2D eigenvalue weighted by atomic mass is 9.75. The number of rotatable bonds is 9. The van der Waals surface area contributed by atoms with Crippen LogP contribution >= 0.6 is 11.8 Å². The number of hydrogen-bond donors (Lipinski definition) is 1. The van der Waals surface area contributed by atoms with Crippen LogP contribution in [0.25, 0.3) is 0 Å². The number of carbonyl (C=O) groups is 1. The molecule has 0 unspecified atom stereocenters. The molecule has 0 aliphatic carbocycles. The van der Waals surface area contributed by atoms with Crippen molar-refractivity contribution >= 4 is 29.3 Å². The lowest BCUT2D eigenvalue weighted by molar-refractivity contribution is -0.0611. The van der Waals surface area contributed by atoms with Crippen molar-refractivity contribution in [3.8, 4) is 0 Å². The Labute approximate surface area is 240 Å². The number of hydrogen-bond acceptors (Lipinski definition) is 8. The highest BCUT2D eigenvalue weighted by Gasteiger charge is 2.43. The lowest BCUT2D eigenvalue weighted by Crippen LogP contribution is -2.49. The molecule has 40 heavy (non-hydrogen) atoms. The van der Waals surface area contributed by atoms with Gasteiger partial charge >= 0.3 is 0 Å². The number of nitrogens with one attached hydrogen (secondary N) is 1. The van der Waals surface area contributed by atoms with E-state index in [4.69, 9.17) is 9.72 Å². The number of likely N-dealkylation sites (tertiary alicyclic amines) is 1. The molecule has 9 nitrogen and oxygen atoms in total. The van der Waals surface area contributed by atoms with Gasteiger partial charge in [-0.2, -0.15) is 0 Å². The van der Waals surface area contributed by atoms with Gasteiger partial charge in [0, 0.05) is 49.0 Å². The number of benzene rings is 1. The first-order valence-corrected chi connectivity index (χ1v) is 15.5. The monoisotopic (exact) mass is 561 g/mol. The third-order valence-electron chi connectivity index (χ3n) is 8.54. The van der Waals surface area contributed by atoms with Crippen LogP contribution in [0.5, 0.6) is 0 Å². The molecule has 0 radical (unpaired) electrons. The van der Waals surface area contributed by atoms with Gasteiger partial charge in [0.25, 0.3) is 5.91 Å². The minimum Gasteiger partial charge on any atom is -0.379 e. The fraction of sp³-hybridized carbons (Fsp3) is 0.533. The van der Waals surface area contributed by atoms with Gasteiger partial charge in [0.15, 0.2) is 0 Å². The Kier molecular flexibility index (Phi) is 7.58. The Hall–Kier alpha value is -2.95. The second kappa shape index (κ2) is 11.1. The number of anilines is 2. The normalized spacial score (nSPS) is 20.4. The van der Waals surface area contributed by atoms with Gasteiger partial charge in [-0.25, -0.2) is 4.98 Å². The molecular formula is C30H39N7O2S. The van der Waals surface area contributed by atoms with Gasteiger partial charge in [-0.1, -0.05) is 6.92 Å². The molecule has 3 aromatic rings. The molecule has 1 amide bonds. The summed E-state index contributed by atoms with van der Waals surface area (Å²) in [6, 6.07) is 8.60. The topological polar surface area (TPSA) is 88.4 Å². The van der Waals surface area contributed by atoms with Gasteiger partial charge in [-0.05, 0) is 79.4 Å². The van der Waals surface area contributed by atoms with Crippen molar-refractivity contribution in [3.63, 3.8) is 0 Å². The summed E-state index contributed by atoms with van der Waals surface area (Å²) in [5, 5.41) is 11.8. The van der Waals surface area contributed by atoms with Gasteiger partial charge in [0.1, 0.15) is 23.8 Å². The molecule has 10 heteroatoms. The molecule has 3 aliphatic rings. The predicted octanol–water partition coefficient (Wildman–Crippen LogP) is 4.27. The Morgan fingerprint density at radius 3 is 2.75 bits per heavy atom. The smallest absolute Gasteiger partial charge is 0.260 e. The quantitative estimate of drug-likeness (QED) is 0.388. The van der Waals surface area contributed by atoms with Gasteiger partial charge in [0.05, 0.1) is 19.8 Å². The van der Waals surface area contributed by atoms with E-state index in [1.54, 1.807) is 18.1 Å². The van der Waals surface area contributed by atoms with Crippen molar-refractivity contribution < 1.29 is 9.53 Å². The first-order chi connectivity index (χ1) is 19.4. The van der Waals surface area contributed by atoms with Gasteiger partial charge in [-0.3, -0.25) is 14.6 Å². The lowest BCUT2D eigenvalue weighted by Gasteiger charge is -2.42. The Morgan fingerprint density at radius 2 is 2.08 bits per heavy atom. The van der Waals surface area contributed by atoms with E-state index in [1.165, 1.54) is 23.3 Å². The molecule has 2 aromatic heterocycles. The van der Waals surface area contributed by atoms with Crippen molar-refractivity contribution in [3.05, 3.63) is 58.7 Å². The van der Waals surface area contributed by atoms with Crippen molar-refractivity contribution in [1.82, 2.24) is 24.6 Å². The number of ether oxygens (including phenoxy) is 1. The van der Waals surface area contributed by atoms with Crippen LogP contribution in [0, 0.1) is 5.92 Å². The number of aromatic nitrogens is 4. The zero-order valence-corrected chi connectivity index (χ0v) is 24.8. The zero-order chi connectivity index (χ0) is 27.9.